The van der Waals surface area contributed by atoms with Crippen LogP contribution in [0.5, 0.6) is 0 Å². The number of rotatable bonds is 6. The first kappa shape index (κ1) is 19.1. The number of amides is 3. The van der Waals surface area contributed by atoms with E-state index in [1.807, 2.05) is 12.2 Å². The van der Waals surface area contributed by atoms with E-state index in [2.05, 4.69) is 5.10 Å². The van der Waals surface area contributed by atoms with Crippen LogP contribution in [0.4, 0.5) is 4.79 Å². The summed E-state index contributed by atoms with van der Waals surface area (Å²) in [5, 5.41) is 6.61. The molecule has 0 unspecified atom stereocenters. The van der Waals surface area contributed by atoms with Gasteiger partial charge in [-0.3, -0.25) is 14.9 Å². The lowest BCUT2D eigenvalue weighted by Gasteiger charge is -2.14. The molecule has 0 saturated carbocycles. The average Bonchev–Trinajstić information content (AvgIpc) is 2.60. The minimum atomic E-state index is -1.26. The van der Waals surface area contributed by atoms with Gasteiger partial charge in [0.25, 0.3) is 11.5 Å². The van der Waals surface area contributed by atoms with Gasteiger partial charge in [0.05, 0.1) is 5.39 Å². The van der Waals surface area contributed by atoms with Gasteiger partial charge in [0.1, 0.15) is 0 Å². The molecule has 1 heterocycles. The van der Waals surface area contributed by atoms with E-state index in [4.69, 9.17) is 10.5 Å². The van der Waals surface area contributed by atoms with Crippen molar-refractivity contribution in [2.24, 2.45) is 5.73 Å². The van der Waals surface area contributed by atoms with Gasteiger partial charge < -0.3 is 10.5 Å². The van der Waals surface area contributed by atoms with E-state index in [-0.39, 0.29) is 11.3 Å². The second kappa shape index (κ2) is 8.24. The van der Waals surface area contributed by atoms with Gasteiger partial charge in [0.15, 0.2) is 11.8 Å². The van der Waals surface area contributed by atoms with Crippen molar-refractivity contribution in [1.82, 2.24) is 15.1 Å². The molecule has 0 aliphatic heterocycles. The summed E-state index contributed by atoms with van der Waals surface area (Å²) in [6, 6.07) is 5.49. The summed E-state index contributed by atoms with van der Waals surface area (Å²) in [5.74, 6) is -1.73. The Bertz CT molecular complexity index is 906. The van der Waals surface area contributed by atoms with Gasteiger partial charge in [-0.25, -0.2) is 14.3 Å². The van der Waals surface area contributed by atoms with Gasteiger partial charge in [0, 0.05) is 11.9 Å². The number of imide groups is 1. The molecule has 0 aliphatic rings. The van der Waals surface area contributed by atoms with Gasteiger partial charge in [-0.05, 0) is 19.4 Å². The number of carbonyl (C=O) groups is 3. The maximum absolute atomic E-state index is 12.5. The van der Waals surface area contributed by atoms with Gasteiger partial charge >= 0.3 is 12.0 Å². The third kappa shape index (κ3) is 4.24. The molecule has 0 radical (unpaired) electrons. The molecule has 3 N–H and O–H groups in total. The second-order valence-corrected chi connectivity index (χ2v) is 5.68. The molecular weight excluding hydrogens is 340 g/mol. The maximum Gasteiger partial charge on any atom is 0.360 e. The monoisotopic (exact) mass is 360 g/mol. The number of primary amides is 1. The van der Waals surface area contributed by atoms with Gasteiger partial charge in [-0.15, -0.1) is 0 Å². The summed E-state index contributed by atoms with van der Waals surface area (Å²) in [6.45, 7) is 3.63. The van der Waals surface area contributed by atoms with E-state index >= 15 is 0 Å². The van der Waals surface area contributed by atoms with Crippen LogP contribution in [-0.2, 0) is 16.1 Å². The number of hydrogen-bond acceptors (Lipinski definition) is 6. The normalized spacial score (nSPS) is 11.8. The molecule has 9 nitrogen and oxygen atoms in total. The number of fused-ring (bicyclic) bond motifs is 1. The second-order valence-electron chi connectivity index (χ2n) is 5.68. The molecule has 1 aromatic heterocycles. The largest absolute Gasteiger partial charge is 0.448 e. The quantitative estimate of drug-likeness (QED) is 0.736. The molecule has 26 heavy (non-hydrogen) atoms. The predicted octanol–water partition coefficient (Wildman–Crippen LogP) is 0.937. The van der Waals surface area contributed by atoms with E-state index in [1.165, 1.54) is 11.6 Å². The Labute approximate surface area is 149 Å². The molecule has 3 amide bonds. The lowest BCUT2D eigenvalue weighted by molar-refractivity contribution is -0.127. The third-order valence-corrected chi connectivity index (χ3v) is 3.68. The lowest BCUT2D eigenvalue weighted by Crippen LogP contribution is -2.42. The molecular formula is C17H20N4O5. The van der Waals surface area contributed by atoms with Crippen molar-refractivity contribution in [1.29, 1.82) is 0 Å². The number of aromatic nitrogens is 2. The van der Waals surface area contributed by atoms with Crippen LogP contribution in [0.1, 0.15) is 37.2 Å². The number of hydrogen-bond donors (Lipinski definition) is 2. The van der Waals surface area contributed by atoms with E-state index in [9.17, 15) is 19.2 Å². The van der Waals surface area contributed by atoms with Crippen LogP contribution in [0.15, 0.2) is 29.1 Å². The summed E-state index contributed by atoms with van der Waals surface area (Å²) in [6.07, 6.45) is 0.314. The van der Waals surface area contributed by atoms with Gasteiger partial charge in [-0.1, -0.05) is 31.5 Å². The van der Waals surface area contributed by atoms with Crippen molar-refractivity contribution in [3.63, 3.8) is 0 Å². The zero-order valence-electron chi connectivity index (χ0n) is 14.5. The highest BCUT2D eigenvalue weighted by molar-refractivity contribution is 6.03. The van der Waals surface area contributed by atoms with Crippen LogP contribution < -0.4 is 16.6 Å². The Hall–Kier alpha value is -3.23. The zero-order chi connectivity index (χ0) is 19.3. The van der Waals surface area contributed by atoms with Crippen molar-refractivity contribution in [2.45, 2.75) is 39.3 Å². The molecule has 1 atom stereocenters. The fraction of sp³-hybridized carbons (Fsp3) is 0.353. The lowest BCUT2D eigenvalue weighted by atomic mass is 10.1. The first-order valence-electron chi connectivity index (χ1n) is 8.16. The third-order valence-electron chi connectivity index (χ3n) is 3.68. The number of ether oxygens (including phenoxy) is 1. The number of aryl methyl sites for hydroxylation is 1. The molecule has 1 aromatic carbocycles. The first-order valence-corrected chi connectivity index (χ1v) is 8.16. The fourth-order valence-corrected chi connectivity index (χ4v) is 2.34. The van der Waals surface area contributed by atoms with Crippen LogP contribution in [0.2, 0.25) is 0 Å². The van der Waals surface area contributed by atoms with Crippen LogP contribution in [0.25, 0.3) is 10.8 Å². The minimum absolute atomic E-state index is 0.0740. The molecule has 0 bridgehead atoms. The van der Waals surface area contributed by atoms with Crippen molar-refractivity contribution < 1.29 is 19.1 Å². The van der Waals surface area contributed by atoms with E-state index in [0.717, 1.165) is 12.8 Å². The summed E-state index contributed by atoms with van der Waals surface area (Å²) < 4.78 is 6.29. The van der Waals surface area contributed by atoms with Gasteiger partial charge in [0.2, 0.25) is 0 Å². The maximum atomic E-state index is 12.5. The van der Waals surface area contributed by atoms with Crippen LogP contribution in [0, 0.1) is 0 Å². The van der Waals surface area contributed by atoms with Crippen molar-refractivity contribution in [3.05, 3.63) is 40.3 Å². The molecule has 2 aromatic rings. The molecule has 138 valence electrons. The Kier molecular flexibility index (Phi) is 6.05. The Balaban J connectivity index is 2.39. The fourth-order valence-electron chi connectivity index (χ4n) is 2.34. The van der Waals surface area contributed by atoms with E-state index in [0.29, 0.717) is 17.3 Å². The Morgan fingerprint density at radius 3 is 2.54 bits per heavy atom. The molecule has 0 fully saturated rings. The predicted molar refractivity (Wildman–Crippen MR) is 93.5 cm³/mol. The average molecular weight is 360 g/mol. The molecule has 0 saturated heterocycles. The Morgan fingerprint density at radius 1 is 1.27 bits per heavy atom. The number of urea groups is 1. The minimum Gasteiger partial charge on any atom is -0.448 e. The SMILES string of the molecule is CCCCn1nc(C(=O)O[C@@H](C)C(=O)NC(N)=O)c2ccccc2c1=O. The summed E-state index contributed by atoms with van der Waals surface area (Å²) in [4.78, 5) is 47.4. The molecule has 0 spiro atoms. The highest BCUT2D eigenvalue weighted by Crippen LogP contribution is 2.15. The highest BCUT2D eigenvalue weighted by atomic mass is 16.5. The number of nitrogens with zero attached hydrogens (tertiary/aromatic N) is 2. The van der Waals surface area contributed by atoms with E-state index < -0.39 is 24.0 Å². The van der Waals surface area contributed by atoms with Crippen LogP contribution in [0.3, 0.4) is 0 Å². The van der Waals surface area contributed by atoms with E-state index in [1.54, 1.807) is 24.3 Å². The first-order chi connectivity index (χ1) is 12.3. The van der Waals surface area contributed by atoms with Crippen molar-refractivity contribution >= 4 is 28.7 Å². The summed E-state index contributed by atoms with van der Waals surface area (Å²) in [7, 11) is 0. The number of carbonyl (C=O) groups excluding carboxylic acids is 3. The van der Waals surface area contributed by atoms with Crippen molar-refractivity contribution in [2.75, 3.05) is 0 Å². The number of unbranched alkanes of at least 4 members (excludes halogenated alkanes) is 1. The number of nitrogens with two attached hydrogens (primary N) is 1. The van der Waals surface area contributed by atoms with Crippen LogP contribution in [-0.4, -0.2) is 33.8 Å². The smallest absolute Gasteiger partial charge is 0.360 e. The number of benzene rings is 1. The molecule has 9 heteroatoms. The zero-order valence-corrected chi connectivity index (χ0v) is 14.5. The highest BCUT2D eigenvalue weighted by Gasteiger charge is 2.23. The molecule has 0 aliphatic carbocycles. The Morgan fingerprint density at radius 2 is 1.92 bits per heavy atom. The molecule has 2 rings (SSSR count). The number of esters is 1. The van der Waals surface area contributed by atoms with Crippen molar-refractivity contribution in [3.8, 4) is 0 Å². The topological polar surface area (TPSA) is 133 Å². The summed E-state index contributed by atoms with van der Waals surface area (Å²) in [5.41, 5.74) is 4.49. The standard InChI is InChI=1S/C17H20N4O5/c1-3-4-9-21-15(23)12-8-6-5-7-11(12)13(20-21)16(24)26-10(2)14(22)19-17(18)25/h5-8,10H,3-4,9H2,1-2H3,(H3,18,19,22,25)/t10-/m0/s1. The number of nitrogens with one attached hydrogen (secondary N) is 1. The van der Waals surface area contributed by atoms with Crippen LogP contribution >= 0.6 is 0 Å². The van der Waals surface area contributed by atoms with Gasteiger partial charge in [-0.2, -0.15) is 5.10 Å². The summed E-state index contributed by atoms with van der Waals surface area (Å²) >= 11 is 0.